The van der Waals surface area contributed by atoms with Gasteiger partial charge in [0.1, 0.15) is 0 Å². The van der Waals surface area contributed by atoms with Crippen molar-refractivity contribution in [2.45, 2.75) is 66.4 Å². The number of hydrogen-bond donors (Lipinski definition) is 1. The number of methoxy groups -OCH3 is 1. The van der Waals surface area contributed by atoms with Crippen LogP contribution in [0.2, 0.25) is 0 Å². The Balaban J connectivity index is 1.68. The molecule has 0 spiro atoms. The molecule has 4 rings (SSSR count). The van der Waals surface area contributed by atoms with Gasteiger partial charge in [-0.1, -0.05) is 36.4 Å². The van der Waals surface area contributed by atoms with Gasteiger partial charge in [0.2, 0.25) is 5.91 Å². The number of rotatable bonds is 7. The first-order valence-corrected chi connectivity index (χ1v) is 14.7. The molecule has 1 aliphatic carbocycles. The van der Waals surface area contributed by atoms with Crippen molar-refractivity contribution in [3.05, 3.63) is 65.2 Å². The largest absolute Gasteiger partial charge is 0.611 e. The van der Waals surface area contributed by atoms with Crippen LogP contribution < -0.4 is 0 Å². The number of likely N-dealkylation sites (tertiary alicyclic amines) is 1. The van der Waals surface area contributed by atoms with Crippen LogP contribution in [0.15, 0.2) is 53.4 Å². The highest BCUT2D eigenvalue weighted by Crippen LogP contribution is 2.54. The molecule has 2 atom stereocenters. The second-order valence-corrected chi connectivity index (χ2v) is 12.7. The summed E-state index contributed by atoms with van der Waals surface area (Å²) in [4.78, 5) is 27.1. The van der Waals surface area contributed by atoms with Crippen LogP contribution in [0.1, 0.15) is 48.8 Å². The van der Waals surface area contributed by atoms with Crippen molar-refractivity contribution in [3.63, 3.8) is 0 Å². The highest BCUT2D eigenvalue weighted by molar-refractivity contribution is 7.92. The summed E-state index contributed by atoms with van der Waals surface area (Å²) in [5.41, 5.74) is -6.81. The highest BCUT2D eigenvalue weighted by Gasteiger charge is 2.73. The van der Waals surface area contributed by atoms with Gasteiger partial charge in [0.05, 0.1) is 26.2 Å². The normalized spacial score (nSPS) is 24.1. The summed E-state index contributed by atoms with van der Waals surface area (Å²) in [6.07, 6.45) is -10.8. The van der Waals surface area contributed by atoms with Crippen LogP contribution in [-0.4, -0.2) is 59.0 Å². The Labute approximate surface area is 246 Å². The van der Waals surface area contributed by atoms with Crippen molar-refractivity contribution in [3.8, 4) is 0 Å². The van der Waals surface area contributed by atoms with Gasteiger partial charge in [0.15, 0.2) is 9.64 Å². The van der Waals surface area contributed by atoms with E-state index in [0.29, 0.717) is 43.4 Å². The van der Waals surface area contributed by atoms with Crippen LogP contribution in [0.5, 0.6) is 0 Å². The first-order chi connectivity index (χ1) is 20.1. The number of ether oxygens (including phenoxy) is 1. The van der Waals surface area contributed by atoms with E-state index in [-0.39, 0.29) is 54.4 Å². The monoisotopic (exact) mass is 637 g/mol. The Bertz CT molecular complexity index is 1300. The highest BCUT2D eigenvalue weighted by atomic mass is 32.2. The molecule has 2 aromatic carbocycles. The van der Waals surface area contributed by atoms with Crippen molar-refractivity contribution < 1.29 is 54.7 Å². The summed E-state index contributed by atoms with van der Waals surface area (Å²) in [7, 11) is 1.28. The number of alkyl halides is 7. The topological polar surface area (TPSA) is 89.9 Å². The first kappa shape index (κ1) is 33.1. The number of carbonyl (C=O) groups is 2. The molecule has 1 amide bonds. The van der Waals surface area contributed by atoms with Gasteiger partial charge in [0.25, 0.3) is 0 Å². The van der Waals surface area contributed by atoms with Gasteiger partial charge in [-0.3, -0.25) is 9.59 Å². The molecular weight excluding hydrogens is 607 g/mol. The average molecular weight is 638 g/mol. The summed E-state index contributed by atoms with van der Waals surface area (Å²) in [5, 5.41) is 9.56. The third-order valence-electron chi connectivity index (χ3n) is 8.39. The van der Waals surface area contributed by atoms with E-state index < -0.39 is 45.4 Å². The van der Waals surface area contributed by atoms with Crippen LogP contribution in [0.4, 0.5) is 30.7 Å². The Morgan fingerprint density at radius 3 is 2.09 bits per heavy atom. The summed E-state index contributed by atoms with van der Waals surface area (Å²) < 4.78 is 112. The molecule has 0 bridgehead atoms. The molecule has 236 valence electrons. The smallest absolute Gasteiger partial charge is 0.435 e. The molecule has 1 saturated carbocycles. The van der Waals surface area contributed by atoms with Crippen LogP contribution in [0.3, 0.4) is 0 Å². The van der Waals surface area contributed by atoms with Crippen molar-refractivity contribution in [1.82, 2.24) is 4.90 Å². The van der Waals surface area contributed by atoms with Gasteiger partial charge in [-0.15, -0.1) is 0 Å². The molecule has 2 unspecified atom stereocenters. The Hall–Kier alpha value is -2.84. The lowest BCUT2D eigenvalue weighted by atomic mass is 9.81. The zero-order valence-electron chi connectivity index (χ0n) is 23.0. The van der Waals surface area contributed by atoms with E-state index in [9.17, 15) is 50.0 Å². The minimum atomic E-state index is -6.29. The third-order valence-corrected chi connectivity index (χ3v) is 10.4. The van der Waals surface area contributed by atoms with E-state index in [2.05, 4.69) is 0 Å². The molecule has 2 aliphatic rings. The predicted octanol–water partition coefficient (Wildman–Crippen LogP) is 5.68. The molecule has 0 aromatic heterocycles. The predicted molar refractivity (Wildman–Crippen MR) is 140 cm³/mol. The molecule has 1 heterocycles. The lowest BCUT2D eigenvalue weighted by molar-refractivity contribution is -0.348. The zero-order chi connectivity index (χ0) is 31.8. The summed E-state index contributed by atoms with van der Waals surface area (Å²) in [6, 6.07) is 8.64. The maximum absolute atomic E-state index is 14.7. The molecule has 0 radical (unpaired) electrons. The standard InChI is InChI=1S/C29H30F7NO5S/c1-42-25(40)20-7-5-19(6-8-20)24(39)37-14-13-26(17-37,43(41)23-4-2-3-18(15-23)16-38)21-9-11-22(12-10-21)27(30,28(31,32)33)29(34,35)36/h2-4,9-12,15,19-20,38H,5-8,13-14,16-17H2,1H3/t19-,20-,26?,43?. The lowest BCUT2D eigenvalue weighted by Crippen LogP contribution is -2.50. The molecule has 1 N–H and O–H groups in total. The molecular formula is C29H30F7NO5S. The van der Waals surface area contributed by atoms with Crippen LogP contribution >= 0.6 is 0 Å². The molecule has 6 nitrogen and oxygen atoms in total. The SMILES string of the molecule is COC(=O)[C@H]1CC[C@H](C(=O)N2CCC(c3ccc(C(F)(C(F)(F)F)C(F)(F)F)cc3)([S+]([O-])c3cccc(CO)c3)C2)CC1. The molecule has 1 aliphatic heterocycles. The average Bonchev–Trinajstić information content (AvgIpc) is 3.45. The number of benzene rings is 2. The third kappa shape index (κ3) is 6.10. The number of carbonyl (C=O) groups excluding carboxylic acids is 2. The summed E-state index contributed by atoms with van der Waals surface area (Å²) >= 11 is -2.00. The number of amides is 1. The van der Waals surface area contributed by atoms with E-state index in [1.807, 2.05) is 0 Å². The van der Waals surface area contributed by atoms with E-state index >= 15 is 0 Å². The minimum absolute atomic E-state index is 0.0465. The van der Waals surface area contributed by atoms with Gasteiger partial charge in [-0.25, -0.2) is 4.39 Å². The van der Waals surface area contributed by atoms with Crippen molar-refractivity contribution in [2.24, 2.45) is 11.8 Å². The van der Waals surface area contributed by atoms with Crippen LogP contribution in [0, 0.1) is 11.8 Å². The maximum atomic E-state index is 14.7. The number of nitrogens with zero attached hydrogens (tertiary/aromatic N) is 1. The first-order valence-electron chi connectivity index (χ1n) is 13.5. The zero-order valence-corrected chi connectivity index (χ0v) is 23.8. The number of halogens is 7. The maximum Gasteiger partial charge on any atom is 0.435 e. The van der Waals surface area contributed by atoms with Crippen molar-refractivity contribution >= 4 is 23.1 Å². The van der Waals surface area contributed by atoms with E-state index in [4.69, 9.17) is 4.74 Å². The van der Waals surface area contributed by atoms with Crippen molar-refractivity contribution in [1.29, 1.82) is 0 Å². The fraction of sp³-hybridized carbons (Fsp3) is 0.517. The van der Waals surface area contributed by atoms with E-state index in [1.165, 1.54) is 30.2 Å². The van der Waals surface area contributed by atoms with Gasteiger partial charge in [-0.2, -0.15) is 26.3 Å². The molecule has 43 heavy (non-hydrogen) atoms. The van der Waals surface area contributed by atoms with Crippen LogP contribution in [0.25, 0.3) is 0 Å². The van der Waals surface area contributed by atoms with E-state index in [0.717, 1.165) is 12.1 Å². The minimum Gasteiger partial charge on any atom is -0.611 e. The Morgan fingerprint density at radius 2 is 1.56 bits per heavy atom. The van der Waals surface area contributed by atoms with Gasteiger partial charge >= 0.3 is 24.0 Å². The number of hydrogen-bond acceptors (Lipinski definition) is 5. The Morgan fingerprint density at radius 1 is 0.977 bits per heavy atom. The van der Waals surface area contributed by atoms with Gasteiger partial charge in [0, 0.05) is 30.0 Å². The van der Waals surface area contributed by atoms with Gasteiger partial charge in [-0.05, 0) is 54.6 Å². The molecule has 14 heteroatoms. The van der Waals surface area contributed by atoms with E-state index in [1.54, 1.807) is 6.07 Å². The fourth-order valence-electron chi connectivity index (χ4n) is 5.94. The van der Waals surface area contributed by atoms with Crippen LogP contribution in [-0.2, 0) is 42.5 Å². The molecule has 2 fully saturated rings. The molecule has 1 saturated heterocycles. The second-order valence-electron chi connectivity index (χ2n) is 10.9. The number of aliphatic hydroxyl groups excluding tert-OH is 1. The van der Waals surface area contributed by atoms with Gasteiger partial charge < -0.3 is 19.3 Å². The summed E-state index contributed by atoms with van der Waals surface area (Å²) in [5.74, 6) is -1.38. The molecule has 2 aromatic rings. The number of esters is 1. The Kier molecular flexibility index (Phi) is 9.44. The van der Waals surface area contributed by atoms with Crippen molar-refractivity contribution in [2.75, 3.05) is 20.2 Å². The fourth-order valence-corrected chi connectivity index (χ4v) is 7.75. The number of aliphatic hydroxyl groups is 1. The lowest BCUT2D eigenvalue weighted by Gasteiger charge is -2.34. The quantitative estimate of drug-likeness (QED) is 0.240. The second kappa shape index (κ2) is 12.3. The summed E-state index contributed by atoms with van der Waals surface area (Å²) in [6.45, 7) is -0.447.